The Morgan fingerprint density at radius 1 is 1.04 bits per heavy atom. The molecule has 4 rings (SSSR count). The number of aromatic nitrogens is 2. The molecule has 0 radical (unpaired) electrons. The fourth-order valence-corrected chi connectivity index (χ4v) is 3.72. The molecule has 1 aliphatic rings. The second-order valence-corrected chi connectivity index (χ2v) is 6.85. The molecule has 0 bridgehead atoms. The number of carbonyl (C=O) groups is 1. The number of carboxylic acid groups (broad SMARTS) is 1. The van der Waals surface area contributed by atoms with Gasteiger partial charge in [0.25, 0.3) is 0 Å². The lowest BCUT2D eigenvalue weighted by molar-refractivity contribution is 0.0695. The fraction of sp³-hybridized carbons (Fsp3) is 0.227. The van der Waals surface area contributed by atoms with Gasteiger partial charge < -0.3 is 10.4 Å². The minimum absolute atomic E-state index is 0.319. The average molecular weight is 359 g/mol. The van der Waals surface area contributed by atoms with Crippen molar-refractivity contribution in [3.8, 4) is 11.3 Å². The van der Waals surface area contributed by atoms with Gasteiger partial charge in [-0.25, -0.2) is 14.8 Å². The van der Waals surface area contributed by atoms with E-state index in [-0.39, 0.29) is 0 Å². The first-order valence-electron chi connectivity index (χ1n) is 9.23. The first-order chi connectivity index (χ1) is 13.2. The van der Waals surface area contributed by atoms with Crippen LogP contribution >= 0.6 is 0 Å². The van der Waals surface area contributed by atoms with Crippen LogP contribution in [0, 0.1) is 0 Å². The maximum atomic E-state index is 11.6. The van der Waals surface area contributed by atoms with Gasteiger partial charge in [-0.15, -0.1) is 0 Å². The normalized spacial score (nSPS) is 14.2. The van der Waals surface area contributed by atoms with Crippen LogP contribution in [0.3, 0.4) is 0 Å². The van der Waals surface area contributed by atoms with Crippen molar-refractivity contribution in [2.45, 2.75) is 31.6 Å². The Balaban J connectivity index is 1.67. The van der Waals surface area contributed by atoms with Gasteiger partial charge in [0.15, 0.2) is 0 Å². The number of carboxylic acids is 1. The standard InChI is InChI=1S/C22H21N3O2/c26-21(27)18-11-10-16(14-19(18)15-6-4-5-7-15)20-12-13-23-22(25-20)24-17-8-2-1-3-9-17/h1-3,8-15H,4-7H2,(H,26,27)(H,23,24,25). The molecule has 0 unspecified atom stereocenters. The van der Waals surface area contributed by atoms with E-state index in [9.17, 15) is 9.90 Å². The highest BCUT2D eigenvalue weighted by molar-refractivity contribution is 5.90. The SMILES string of the molecule is O=C(O)c1ccc(-c2ccnc(Nc3ccccc3)n2)cc1C1CCCC1. The minimum atomic E-state index is -0.863. The molecule has 1 heterocycles. The zero-order valence-electron chi connectivity index (χ0n) is 14.9. The highest BCUT2D eigenvalue weighted by atomic mass is 16.4. The Bertz CT molecular complexity index is 951. The van der Waals surface area contributed by atoms with Gasteiger partial charge in [-0.2, -0.15) is 0 Å². The average Bonchev–Trinajstić information content (AvgIpc) is 3.23. The van der Waals surface area contributed by atoms with Crippen LogP contribution in [0.5, 0.6) is 0 Å². The van der Waals surface area contributed by atoms with Gasteiger partial charge >= 0.3 is 5.97 Å². The molecule has 0 amide bonds. The molecule has 2 aromatic carbocycles. The summed E-state index contributed by atoms with van der Waals surface area (Å²) in [5.74, 6) is -0.0270. The van der Waals surface area contributed by atoms with Gasteiger partial charge in [-0.05, 0) is 54.7 Å². The number of benzene rings is 2. The maximum absolute atomic E-state index is 11.6. The predicted molar refractivity (Wildman–Crippen MR) is 105 cm³/mol. The summed E-state index contributed by atoms with van der Waals surface area (Å²) in [5.41, 5.74) is 3.94. The van der Waals surface area contributed by atoms with E-state index in [2.05, 4.69) is 15.3 Å². The van der Waals surface area contributed by atoms with Crippen LogP contribution in [0.15, 0.2) is 60.8 Å². The van der Waals surface area contributed by atoms with Gasteiger partial charge in [-0.3, -0.25) is 0 Å². The summed E-state index contributed by atoms with van der Waals surface area (Å²) in [6.07, 6.45) is 6.13. The number of hydrogen-bond donors (Lipinski definition) is 2. The lowest BCUT2D eigenvalue weighted by Gasteiger charge is -2.15. The molecule has 3 aromatic rings. The van der Waals surface area contributed by atoms with Crippen LogP contribution in [0.25, 0.3) is 11.3 Å². The predicted octanol–water partition coefficient (Wildman–Crippen LogP) is 5.24. The van der Waals surface area contributed by atoms with Crippen LogP contribution in [0.2, 0.25) is 0 Å². The quantitative estimate of drug-likeness (QED) is 0.651. The number of aromatic carboxylic acids is 1. The summed E-state index contributed by atoms with van der Waals surface area (Å²) in [7, 11) is 0. The zero-order valence-corrected chi connectivity index (χ0v) is 14.9. The number of para-hydroxylation sites is 1. The smallest absolute Gasteiger partial charge is 0.335 e. The van der Waals surface area contributed by atoms with Crippen LogP contribution in [0.4, 0.5) is 11.6 Å². The second-order valence-electron chi connectivity index (χ2n) is 6.85. The van der Waals surface area contributed by atoms with E-state index < -0.39 is 5.97 Å². The number of nitrogens with one attached hydrogen (secondary N) is 1. The summed E-state index contributed by atoms with van der Waals surface area (Å²) in [6, 6.07) is 17.1. The fourth-order valence-electron chi connectivity index (χ4n) is 3.72. The Kier molecular flexibility index (Phi) is 4.83. The van der Waals surface area contributed by atoms with Gasteiger partial charge in [-0.1, -0.05) is 37.1 Å². The van der Waals surface area contributed by atoms with Gasteiger partial charge in [0.1, 0.15) is 0 Å². The number of nitrogens with zero attached hydrogens (tertiary/aromatic N) is 2. The van der Waals surface area contributed by atoms with Crippen LogP contribution in [-0.2, 0) is 0 Å². The highest BCUT2D eigenvalue weighted by Gasteiger charge is 2.23. The molecule has 0 aliphatic heterocycles. The Labute approximate surface area is 158 Å². The third-order valence-electron chi connectivity index (χ3n) is 5.06. The van der Waals surface area contributed by atoms with Crippen molar-refractivity contribution in [3.63, 3.8) is 0 Å². The summed E-state index contributed by atoms with van der Waals surface area (Å²) in [6.45, 7) is 0. The van der Waals surface area contributed by atoms with E-state index in [4.69, 9.17) is 0 Å². The van der Waals surface area contributed by atoms with Crippen molar-refractivity contribution in [1.82, 2.24) is 9.97 Å². The number of rotatable bonds is 5. The number of hydrogen-bond acceptors (Lipinski definition) is 4. The first kappa shape index (κ1) is 17.2. The molecule has 2 N–H and O–H groups in total. The summed E-state index contributed by atoms with van der Waals surface area (Å²) in [4.78, 5) is 20.5. The van der Waals surface area contributed by atoms with Crippen molar-refractivity contribution in [1.29, 1.82) is 0 Å². The van der Waals surface area contributed by atoms with Crippen LogP contribution in [0.1, 0.15) is 47.5 Å². The lowest BCUT2D eigenvalue weighted by atomic mass is 9.90. The minimum Gasteiger partial charge on any atom is -0.478 e. The summed E-state index contributed by atoms with van der Waals surface area (Å²) >= 11 is 0. The molecule has 0 saturated heterocycles. The van der Waals surface area contributed by atoms with Gasteiger partial charge in [0.05, 0.1) is 11.3 Å². The largest absolute Gasteiger partial charge is 0.478 e. The monoisotopic (exact) mass is 359 g/mol. The topological polar surface area (TPSA) is 75.1 Å². The second kappa shape index (κ2) is 7.58. The van der Waals surface area contributed by atoms with Crippen LogP contribution < -0.4 is 5.32 Å². The molecule has 1 fully saturated rings. The van der Waals surface area contributed by atoms with E-state index in [1.54, 1.807) is 12.3 Å². The third-order valence-corrected chi connectivity index (χ3v) is 5.06. The van der Waals surface area contributed by atoms with Crippen molar-refractivity contribution < 1.29 is 9.90 Å². The third kappa shape index (κ3) is 3.82. The van der Waals surface area contributed by atoms with Crippen LogP contribution in [-0.4, -0.2) is 21.0 Å². The Morgan fingerprint density at radius 2 is 1.81 bits per heavy atom. The molecule has 1 saturated carbocycles. The number of anilines is 2. The van der Waals surface area contributed by atoms with E-state index in [1.165, 1.54) is 0 Å². The van der Waals surface area contributed by atoms with Gasteiger partial charge in [0.2, 0.25) is 5.95 Å². The molecule has 5 heteroatoms. The molecule has 0 atom stereocenters. The van der Waals surface area contributed by atoms with E-state index in [0.717, 1.165) is 48.2 Å². The molecule has 0 spiro atoms. The van der Waals surface area contributed by atoms with Crippen molar-refractivity contribution in [2.24, 2.45) is 0 Å². The Morgan fingerprint density at radius 3 is 2.56 bits per heavy atom. The first-order valence-corrected chi connectivity index (χ1v) is 9.23. The molecule has 1 aliphatic carbocycles. The van der Waals surface area contributed by atoms with Crippen molar-refractivity contribution in [2.75, 3.05) is 5.32 Å². The zero-order chi connectivity index (χ0) is 18.6. The lowest BCUT2D eigenvalue weighted by Crippen LogP contribution is -2.06. The van der Waals surface area contributed by atoms with E-state index in [1.807, 2.05) is 48.5 Å². The van der Waals surface area contributed by atoms with Crippen molar-refractivity contribution >= 4 is 17.6 Å². The summed E-state index contributed by atoms with van der Waals surface area (Å²) < 4.78 is 0. The maximum Gasteiger partial charge on any atom is 0.335 e. The molecule has 136 valence electrons. The van der Waals surface area contributed by atoms with Crippen molar-refractivity contribution in [3.05, 3.63) is 71.9 Å². The highest BCUT2D eigenvalue weighted by Crippen LogP contribution is 2.37. The molecule has 27 heavy (non-hydrogen) atoms. The van der Waals surface area contributed by atoms with Gasteiger partial charge in [0, 0.05) is 17.4 Å². The molecule has 1 aromatic heterocycles. The molecular formula is C22H21N3O2. The molecular weight excluding hydrogens is 338 g/mol. The van der Waals surface area contributed by atoms with E-state index >= 15 is 0 Å². The Hall–Kier alpha value is -3.21. The molecule has 5 nitrogen and oxygen atoms in total. The summed E-state index contributed by atoms with van der Waals surface area (Å²) in [5, 5.41) is 12.8. The van der Waals surface area contributed by atoms with E-state index in [0.29, 0.717) is 17.4 Å².